The van der Waals surface area contributed by atoms with Crippen LogP contribution in [0.1, 0.15) is 65.4 Å². The Kier molecular flexibility index (Phi) is 8.21. The molecule has 0 aromatic heterocycles. The summed E-state index contributed by atoms with van der Waals surface area (Å²) >= 11 is 0. The summed E-state index contributed by atoms with van der Waals surface area (Å²) in [6.07, 6.45) is 4.55. The molecule has 1 unspecified atom stereocenters. The molecule has 1 N–H and O–H groups in total. The molecule has 3 amide bonds. The number of amides is 3. The molecule has 0 radical (unpaired) electrons. The fourth-order valence-electron chi connectivity index (χ4n) is 3.54. The topological polar surface area (TPSA) is 66.5 Å². The van der Waals surface area contributed by atoms with Gasteiger partial charge in [-0.05, 0) is 55.2 Å². The molecule has 0 saturated carbocycles. The first-order valence-electron chi connectivity index (χ1n) is 10.5. The van der Waals surface area contributed by atoms with Gasteiger partial charge in [-0.15, -0.1) is 0 Å². The molecule has 0 aliphatic carbocycles. The number of hydrogen-bond acceptors (Lipinski definition) is 3. The molecule has 1 aromatic rings. The Labute approximate surface area is 168 Å². The molecular formula is C23H34N2O3. The van der Waals surface area contributed by atoms with Crippen molar-refractivity contribution in [2.24, 2.45) is 17.8 Å². The third kappa shape index (κ3) is 6.18. The molecule has 1 fully saturated rings. The molecule has 5 heteroatoms. The predicted octanol–water partition coefficient (Wildman–Crippen LogP) is 4.10. The lowest BCUT2D eigenvalue weighted by Crippen LogP contribution is -2.31. The molecule has 2 rings (SSSR count). The van der Waals surface area contributed by atoms with Crippen molar-refractivity contribution in [2.75, 3.05) is 11.4 Å². The van der Waals surface area contributed by atoms with Crippen LogP contribution in [0.3, 0.4) is 0 Å². The lowest BCUT2D eigenvalue weighted by atomic mass is 9.94. The van der Waals surface area contributed by atoms with Gasteiger partial charge in [-0.2, -0.15) is 0 Å². The van der Waals surface area contributed by atoms with Gasteiger partial charge in [-0.3, -0.25) is 19.3 Å². The first-order valence-corrected chi connectivity index (χ1v) is 10.5. The van der Waals surface area contributed by atoms with Crippen LogP contribution < -0.4 is 10.2 Å². The maximum absolute atomic E-state index is 12.5. The van der Waals surface area contributed by atoms with E-state index in [2.05, 4.69) is 19.2 Å². The summed E-state index contributed by atoms with van der Waals surface area (Å²) in [6.45, 7) is 9.07. The Balaban J connectivity index is 1.78. The second-order valence-corrected chi connectivity index (χ2v) is 8.53. The maximum atomic E-state index is 12.5. The van der Waals surface area contributed by atoms with Crippen LogP contribution in [0.15, 0.2) is 24.3 Å². The molecule has 154 valence electrons. The van der Waals surface area contributed by atoms with Crippen molar-refractivity contribution in [1.29, 1.82) is 0 Å². The molecule has 0 spiro atoms. The van der Waals surface area contributed by atoms with Crippen molar-refractivity contribution in [3.05, 3.63) is 29.8 Å². The summed E-state index contributed by atoms with van der Waals surface area (Å²) in [5.41, 5.74) is 1.75. The number of carbonyl (C=O) groups is 3. The summed E-state index contributed by atoms with van der Waals surface area (Å²) in [7, 11) is 0. The average Bonchev–Trinajstić information content (AvgIpc) is 2.94. The minimum absolute atomic E-state index is 0.0955. The number of hydrogen-bond donors (Lipinski definition) is 1. The van der Waals surface area contributed by atoms with Gasteiger partial charge in [0.1, 0.15) is 0 Å². The van der Waals surface area contributed by atoms with E-state index < -0.39 is 0 Å². The number of nitrogens with one attached hydrogen (secondary N) is 1. The van der Waals surface area contributed by atoms with Crippen LogP contribution >= 0.6 is 0 Å². The summed E-state index contributed by atoms with van der Waals surface area (Å²) in [4.78, 5) is 37.9. The quantitative estimate of drug-likeness (QED) is 0.486. The van der Waals surface area contributed by atoms with Gasteiger partial charge in [-0.25, -0.2) is 0 Å². The van der Waals surface area contributed by atoms with E-state index in [0.29, 0.717) is 24.4 Å². The van der Waals surface area contributed by atoms with Crippen LogP contribution in [-0.4, -0.2) is 24.3 Å². The van der Waals surface area contributed by atoms with E-state index in [1.807, 2.05) is 38.1 Å². The second-order valence-electron chi connectivity index (χ2n) is 8.53. The van der Waals surface area contributed by atoms with Gasteiger partial charge in [0, 0.05) is 19.4 Å². The minimum atomic E-state index is -0.216. The van der Waals surface area contributed by atoms with Crippen LogP contribution in [0, 0.1) is 17.8 Å². The molecule has 5 nitrogen and oxygen atoms in total. The highest BCUT2D eigenvalue weighted by Gasteiger charge is 2.40. The number of nitrogens with zero attached hydrogens (tertiary/aromatic N) is 1. The van der Waals surface area contributed by atoms with Crippen LogP contribution in [-0.2, 0) is 20.8 Å². The van der Waals surface area contributed by atoms with Gasteiger partial charge in [-0.1, -0.05) is 39.8 Å². The third-order valence-corrected chi connectivity index (χ3v) is 5.33. The van der Waals surface area contributed by atoms with Gasteiger partial charge in [0.05, 0.1) is 11.6 Å². The number of carbonyl (C=O) groups excluding carboxylic acids is 3. The zero-order chi connectivity index (χ0) is 20.7. The van der Waals surface area contributed by atoms with E-state index in [1.165, 1.54) is 4.90 Å². The van der Waals surface area contributed by atoms with Crippen molar-refractivity contribution in [3.63, 3.8) is 0 Å². The standard InChI is InChI=1S/C23H34N2O3/c1-16(2)7-6-14-24-21(26)9-5-8-18-10-12-19(13-11-18)25-22(27)15-20(17(3)4)23(25)28/h10-13,16-17,20H,5-9,14-15H2,1-4H3,(H,24,26). The highest BCUT2D eigenvalue weighted by atomic mass is 16.2. The second kappa shape index (κ2) is 10.4. The maximum Gasteiger partial charge on any atom is 0.237 e. The average molecular weight is 387 g/mol. The Hall–Kier alpha value is -2.17. The van der Waals surface area contributed by atoms with Gasteiger partial charge in [0.25, 0.3) is 0 Å². The van der Waals surface area contributed by atoms with E-state index in [4.69, 9.17) is 0 Å². The smallest absolute Gasteiger partial charge is 0.237 e. The van der Waals surface area contributed by atoms with Gasteiger partial charge >= 0.3 is 0 Å². The van der Waals surface area contributed by atoms with Gasteiger partial charge in [0.15, 0.2) is 0 Å². The van der Waals surface area contributed by atoms with Gasteiger partial charge in [0.2, 0.25) is 17.7 Å². The van der Waals surface area contributed by atoms with Crippen LogP contribution in [0.25, 0.3) is 0 Å². The number of rotatable bonds is 10. The van der Waals surface area contributed by atoms with E-state index >= 15 is 0 Å². The molecule has 28 heavy (non-hydrogen) atoms. The summed E-state index contributed by atoms with van der Waals surface area (Å²) < 4.78 is 0. The Morgan fingerprint density at radius 3 is 2.36 bits per heavy atom. The first-order chi connectivity index (χ1) is 13.3. The summed E-state index contributed by atoms with van der Waals surface area (Å²) in [5, 5.41) is 2.97. The fourth-order valence-corrected chi connectivity index (χ4v) is 3.54. The highest BCUT2D eigenvalue weighted by molar-refractivity contribution is 6.21. The van der Waals surface area contributed by atoms with Crippen molar-refractivity contribution in [1.82, 2.24) is 5.32 Å². The lowest BCUT2D eigenvalue weighted by molar-refractivity contribution is -0.123. The van der Waals surface area contributed by atoms with E-state index in [9.17, 15) is 14.4 Å². The first kappa shape index (κ1) is 22.1. The molecule has 1 aromatic carbocycles. The van der Waals surface area contributed by atoms with Gasteiger partial charge < -0.3 is 5.32 Å². The van der Waals surface area contributed by atoms with Crippen LogP contribution in [0.5, 0.6) is 0 Å². The summed E-state index contributed by atoms with van der Waals surface area (Å²) in [6, 6.07) is 7.55. The molecule has 1 aliphatic heterocycles. The van der Waals surface area contributed by atoms with Crippen molar-refractivity contribution in [3.8, 4) is 0 Å². The summed E-state index contributed by atoms with van der Waals surface area (Å²) in [5.74, 6) is 0.506. The number of aryl methyl sites for hydroxylation is 1. The minimum Gasteiger partial charge on any atom is -0.356 e. The Morgan fingerprint density at radius 1 is 1.11 bits per heavy atom. The molecular weight excluding hydrogens is 352 g/mol. The molecule has 1 heterocycles. The highest BCUT2D eigenvalue weighted by Crippen LogP contribution is 2.30. The van der Waals surface area contributed by atoms with Crippen LogP contribution in [0.4, 0.5) is 5.69 Å². The fraction of sp³-hybridized carbons (Fsp3) is 0.609. The molecule has 0 bridgehead atoms. The zero-order valence-corrected chi connectivity index (χ0v) is 17.7. The Bertz CT molecular complexity index is 680. The van der Waals surface area contributed by atoms with E-state index in [1.54, 1.807) is 0 Å². The zero-order valence-electron chi connectivity index (χ0n) is 17.7. The number of anilines is 1. The largest absolute Gasteiger partial charge is 0.356 e. The normalized spacial score (nSPS) is 17.1. The molecule has 1 atom stereocenters. The predicted molar refractivity (Wildman–Crippen MR) is 112 cm³/mol. The lowest BCUT2D eigenvalue weighted by Gasteiger charge is -2.16. The van der Waals surface area contributed by atoms with E-state index in [-0.39, 0.29) is 29.6 Å². The van der Waals surface area contributed by atoms with Crippen molar-refractivity contribution >= 4 is 23.4 Å². The number of imide groups is 1. The van der Waals surface area contributed by atoms with Crippen LogP contribution in [0.2, 0.25) is 0 Å². The van der Waals surface area contributed by atoms with E-state index in [0.717, 1.165) is 37.8 Å². The third-order valence-electron chi connectivity index (χ3n) is 5.33. The molecule has 1 aliphatic rings. The molecule has 1 saturated heterocycles. The van der Waals surface area contributed by atoms with Crippen molar-refractivity contribution < 1.29 is 14.4 Å². The Morgan fingerprint density at radius 2 is 1.79 bits per heavy atom. The number of benzene rings is 1. The SMILES string of the molecule is CC(C)CCCNC(=O)CCCc1ccc(N2C(=O)CC(C(C)C)C2=O)cc1. The monoisotopic (exact) mass is 386 g/mol. The van der Waals surface area contributed by atoms with Crippen molar-refractivity contribution in [2.45, 2.75) is 66.2 Å².